The van der Waals surface area contributed by atoms with Crippen molar-refractivity contribution in [1.82, 2.24) is 9.97 Å². The molecule has 4 nitrogen and oxygen atoms in total. The number of nitrogens with one attached hydrogen (secondary N) is 1. The highest BCUT2D eigenvalue weighted by atomic mass is 32.1. The molecule has 1 aliphatic rings. The molecular weight excluding hydrogens is 260 g/mol. The zero-order valence-corrected chi connectivity index (χ0v) is 12.3. The predicted octanol–water partition coefficient (Wildman–Crippen LogP) is 3.36. The lowest BCUT2D eigenvalue weighted by Crippen LogP contribution is -2.11. The van der Waals surface area contributed by atoms with Crippen molar-refractivity contribution in [2.24, 2.45) is 5.92 Å². The van der Waals surface area contributed by atoms with Gasteiger partial charge in [0.2, 0.25) is 0 Å². The molecule has 0 aromatic carbocycles. The number of esters is 1. The van der Waals surface area contributed by atoms with Crippen LogP contribution in [0.2, 0.25) is 0 Å². The normalized spacial score (nSPS) is 15.7. The second-order valence-corrected chi connectivity index (χ2v) is 5.56. The van der Waals surface area contributed by atoms with Gasteiger partial charge in [0.15, 0.2) is 0 Å². The van der Waals surface area contributed by atoms with Crippen LogP contribution in [0.4, 0.5) is 0 Å². The summed E-state index contributed by atoms with van der Waals surface area (Å²) in [5.41, 5.74) is 1.12. The predicted molar refractivity (Wildman–Crippen MR) is 75.8 cm³/mol. The summed E-state index contributed by atoms with van der Waals surface area (Å²) in [6.07, 6.45) is 7.43. The van der Waals surface area contributed by atoms with Crippen LogP contribution in [0.5, 0.6) is 0 Å². The molecule has 104 valence electrons. The largest absolute Gasteiger partial charge is 0.465 e. The molecule has 0 aliphatic heterocycles. The summed E-state index contributed by atoms with van der Waals surface area (Å²) in [7, 11) is 1.35. The van der Waals surface area contributed by atoms with Crippen LogP contribution in [-0.4, -0.2) is 23.0 Å². The van der Waals surface area contributed by atoms with Crippen molar-refractivity contribution in [1.29, 1.82) is 0 Å². The summed E-state index contributed by atoms with van der Waals surface area (Å²) in [6.45, 7) is 1.84. The zero-order valence-electron chi connectivity index (χ0n) is 11.5. The number of aryl methyl sites for hydroxylation is 2. The van der Waals surface area contributed by atoms with E-state index in [4.69, 9.17) is 17.0 Å². The van der Waals surface area contributed by atoms with E-state index in [1.807, 2.05) is 6.92 Å². The molecule has 0 bridgehead atoms. The molecule has 1 aliphatic carbocycles. The van der Waals surface area contributed by atoms with Crippen molar-refractivity contribution >= 4 is 18.2 Å². The van der Waals surface area contributed by atoms with Crippen molar-refractivity contribution in [2.75, 3.05) is 7.11 Å². The van der Waals surface area contributed by atoms with Gasteiger partial charge in [-0.25, -0.2) is 9.78 Å². The van der Waals surface area contributed by atoms with Crippen molar-refractivity contribution in [2.45, 2.75) is 45.4 Å². The number of methoxy groups -OCH3 is 1. The van der Waals surface area contributed by atoms with E-state index >= 15 is 0 Å². The maximum atomic E-state index is 11.6. The van der Waals surface area contributed by atoms with Crippen molar-refractivity contribution in [3.05, 3.63) is 21.7 Å². The van der Waals surface area contributed by atoms with Crippen LogP contribution in [0.3, 0.4) is 0 Å². The monoisotopic (exact) mass is 280 g/mol. The summed E-state index contributed by atoms with van der Waals surface area (Å²) in [5, 5.41) is 0. The molecule has 0 unspecified atom stereocenters. The number of H-pyrrole nitrogens is 1. The van der Waals surface area contributed by atoms with Crippen LogP contribution < -0.4 is 0 Å². The highest BCUT2D eigenvalue weighted by molar-refractivity contribution is 7.71. The smallest absolute Gasteiger partial charge is 0.342 e. The number of aromatic nitrogens is 2. The fourth-order valence-electron chi connectivity index (χ4n) is 2.75. The van der Waals surface area contributed by atoms with E-state index in [1.54, 1.807) is 0 Å². The van der Waals surface area contributed by atoms with E-state index < -0.39 is 5.97 Å². The van der Waals surface area contributed by atoms with Crippen LogP contribution >= 0.6 is 12.2 Å². The van der Waals surface area contributed by atoms with Crippen LogP contribution in [0, 0.1) is 17.5 Å². The molecular formula is C14H20N2O2S. The molecule has 1 N–H and O–H groups in total. The molecule has 1 saturated carbocycles. The molecule has 1 aromatic heterocycles. The Bertz CT molecular complexity index is 519. The number of nitrogens with zero attached hydrogens (tertiary/aromatic N) is 1. The number of aromatic amines is 1. The Balaban J connectivity index is 2.10. The molecule has 1 aromatic rings. The zero-order chi connectivity index (χ0) is 13.8. The Morgan fingerprint density at radius 3 is 2.74 bits per heavy atom. The molecule has 0 amide bonds. The first-order chi connectivity index (χ1) is 9.11. The average Bonchev–Trinajstić information content (AvgIpc) is 2.88. The Morgan fingerprint density at radius 1 is 1.47 bits per heavy atom. The summed E-state index contributed by atoms with van der Waals surface area (Å²) in [6, 6.07) is 0. The van der Waals surface area contributed by atoms with E-state index in [1.165, 1.54) is 32.8 Å². The molecule has 0 atom stereocenters. The van der Waals surface area contributed by atoms with Gasteiger partial charge in [0, 0.05) is 12.1 Å². The lowest BCUT2D eigenvalue weighted by molar-refractivity contribution is 0.0598. The summed E-state index contributed by atoms with van der Waals surface area (Å²) >= 11 is 5.19. The van der Waals surface area contributed by atoms with Gasteiger partial charge in [-0.15, -0.1) is 0 Å². The van der Waals surface area contributed by atoms with Crippen LogP contribution in [0.25, 0.3) is 0 Å². The van der Waals surface area contributed by atoms with E-state index in [-0.39, 0.29) is 0 Å². The molecule has 0 spiro atoms. The Morgan fingerprint density at radius 2 is 2.16 bits per heavy atom. The third kappa shape index (κ3) is 3.41. The van der Waals surface area contributed by atoms with Gasteiger partial charge in [-0.05, 0) is 19.3 Å². The maximum Gasteiger partial charge on any atom is 0.342 e. The van der Waals surface area contributed by atoms with E-state index in [2.05, 4.69) is 9.97 Å². The summed E-state index contributed by atoms with van der Waals surface area (Å²) < 4.78 is 5.05. The number of hydrogen-bond acceptors (Lipinski definition) is 4. The highest BCUT2D eigenvalue weighted by Crippen LogP contribution is 2.28. The second-order valence-electron chi connectivity index (χ2n) is 5.17. The van der Waals surface area contributed by atoms with E-state index in [9.17, 15) is 4.79 Å². The second kappa shape index (κ2) is 6.28. The quantitative estimate of drug-likeness (QED) is 0.678. The van der Waals surface area contributed by atoms with Gasteiger partial charge in [-0.2, -0.15) is 0 Å². The third-order valence-electron chi connectivity index (χ3n) is 3.81. The first kappa shape index (κ1) is 14.2. The van der Waals surface area contributed by atoms with Crippen LogP contribution in [-0.2, 0) is 11.2 Å². The highest BCUT2D eigenvalue weighted by Gasteiger charge is 2.17. The van der Waals surface area contributed by atoms with Gasteiger partial charge in [-0.3, -0.25) is 0 Å². The minimum atomic E-state index is -0.423. The lowest BCUT2D eigenvalue weighted by Gasteiger charge is -2.10. The molecule has 5 heteroatoms. The minimum absolute atomic E-state index is 0.338. The minimum Gasteiger partial charge on any atom is -0.465 e. The van der Waals surface area contributed by atoms with Crippen molar-refractivity contribution in [3.8, 4) is 0 Å². The van der Waals surface area contributed by atoms with Gasteiger partial charge in [0.05, 0.1) is 7.11 Å². The van der Waals surface area contributed by atoms with Crippen molar-refractivity contribution in [3.63, 3.8) is 0 Å². The third-order valence-corrected chi connectivity index (χ3v) is 4.11. The lowest BCUT2D eigenvalue weighted by atomic mass is 10.0. The fraction of sp³-hybridized carbons (Fsp3) is 0.643. The molecule has 0 saturated heterocycles. The molecule has 1 heterocycles. The first-order valence-electron chi connectivity index (χ1n) is 6.80. The van der Waals surface area contributed by atoms with Gasteiger partial charge in [-0.1, -0.05) is 37.9 Å². The van der Waals surface area contributed by atoms with Gasteiger partial charge in [0.1, 0.15) is 16.0 Å². The molecule has 19 heavy (non-hydrogen) atoms. The first-order valence-corrected chi connectivity index (χ1v) is 7.20. The van der Waals surface area contributed by atoms with Gasteiger partial charge >= 0.3 is 5.97 Å². The SMILES string of the molecule is COC(=O)c1c(C)[nH]c(CCC2CCCC2)nc1=S. The number of carbonyl (C=O) groups excluding carboxylic acids is 1. The number of hydrogen-bond donors (Lipinski definition) is 1. The van der Waals surface area contributed by atoms with Gasteiger partial charge in [0.25, 0.3) is 0 Å². The maximum absolute atomic E-state index is 11.6. The molecule has 1 fully saturated rings. The van der Waals surface area contributed by atoms with Crippen LogP contribution in [0.15, 0.2) is 0 Å². The topological polar surface area (TPSA) is 55.0 Å². The standard InChI is InChI=1S/C14H20N2O2S/c1-9-12(14(17)18-2)13(19)16-11(15-9)8-7-10-5-3-4-6-10/h10H,3-8H2,1-2H3,(H,15,16,19). The van der Waals surface area contributed by atoms with Gasteiger partial charge < -0.3 is 9.72 Å². The number of rotatable bonds is 4. The van der Waals surface area contributed by atoms with E-state index in [0.717, 1.165) is 30.3 Å². The summed E-state index contributed by atoms with van der Waals surface area (Å²) in [5.74, 6) is 1.28. The number of ether oxygens (including phenoxy) is 1. The average molecular weight is 280 g/mol. The van der Waals surface area contributed by atoms with Crippen LogP contribution in [0.1, 0.15) is 54.0 Å². The molecule has 2 rings (SSSR count). The Hall–Kier alpha value is -1.23. The fourth-order valence-corrected chi connectivity index (χ4v) is 3.09. The van der Waals surface area contributed by atoms with E-state index in [0.29, 0.717) is 10.2 Å². The molecule has 0 radical (unpaired) electrons. The van der Waals surface area contributed by atoms with Crippen molar-refractivity contribution < 1.29 is 9.53 Å². The Kier molecular flexibility index (Phi) is 4.69. The number of carbonyl (C=O) groups is 1. The Labute approximate surface area is 118 Å². The summed E-state index contributed by atoms with van der Waals surface area (Å²) in [4.78, 5) is 19.1.